The summed E-state index contributed by atoms with van der Waals surface area (Å²) in [6.07, 6.45) is 0. The molecule has 0 unspecified atom stereocenters. The van der Waals surface area contributed by atoms with Gasteiger partial charge in [0.15, 0.2) is 5.60 Å². The Morgan fingerprint density at radius 3 is 2.67 bits per heavy atom. The number of carbonyl (C=O) groups excluding carboxylic acids is 1. The number of hydrogen-bond acceptors (Lipinski definition) is 8. The molecule has 0 saturated carbocycles. The molecule has 1 aromatic heterocycles. The molecule has 0 aliphatic rings. The lowest BCUT2D eigenvalue weighted by Crippen LogP contribution is -2.39. The van der Waals surface area contributed by atoms with E-state index in [2.05, 4.69) is 4.98 Å². The van der Waals surface area contributed by atoms with Gasteiger partial charge >= 0.3 is 5.97 Å². The van der Waals surface area contributed by atoms with Crippen molar-refractivity contribution in [3.8, 4) is 5.75 Å². The molecule has 24 heavy (non-hydrogen) atoms. The van der Waals surface area contributed by atoms with Crippen LogP contribution in [0, 0.1) is 0 Å². The van der Waals surface area contributed by atoms with Crippen molar-refractivity contribution in [2.75, 3.05) is 20.3 Å². The molecule has 0 aliphatic heterocycles. The lowest BCUT2D eigenvalue weighted by atomic mass is 10.1. The summed E-state index contributed by atoms with van der Waals surface area (Å²) < 4.78 is 38.6. The third-order valence-electron chi connectivity index (χ3n) is 3.04. The van der Waals surface area contributed by atoms with Gasteiger partial charge in [0, 0.05) is 13.2 Å². The zero-order chi connectivity index (χ0) is 18.0. The highest BCUT2D eigenvalue weighted by Gasteiger charge is 2.31. The van der Waals surface area contributed by atoms with Gasteiger partial charge in [-0.3, -0.25) is 0 Å². The number of carbonyl (C=O) groups is 1. The molecule has 2 aromatic rings. The zero-order valence-corrected chi connectivity index (χ0v) is 15.1. The molecule has 2 N–H and O–H groups in total. The fraction of sp³-hybridized carbons (Fsp3) is 0.429. The van der Waals surface area contributed by atoms with Gasteiger partial charge in [0.05, 0.1) is 23.4 Å². The largest absolute Gasteiger partial charge is 0.424 e. The van der Waals surface area contributed by atoms with Gasteiger partial charge in [-0.15, -0.1) is 11.3 Å². The van der Waals surface area contributed by atoms with Crippen molar-refractivity contribution in [3.63, 3.8) is 0 Å². The van der Waals surface area contributed by atoms with Crippen LogP contribution >= 0.6 is 11.3 Å². The summed E-state index contributed by atoms with van der Waals surface area (Å²) in [4.78, 5) is 16.1. The number of hydrogen-bond donors (Lipinski definition) is 1. The van der Waals surface area contributed by atoms with Crippen molar-refractivity contribution in [1.29, 1.82) is 0 Å². The maximum absolute atomic E-state index is 12.2. The average Bonchev–Trinajstić information content (AvgIpc) is 2.90. The number of rotatable bonds is 7. The predicted octanol–water partition coefficient (Wildman–Crippen LogP) is 1.29. The van der Waals surface area contributed by atoms with Crippen LogP contribution in [0.5, 0.6) is 5.75 Å². The van der Waals surface area contributed by atoms with Gasteiger partial charge in [0.1, 0.15) is 5.75 Å². The van der Waals surface area contributed by atoms with E-state index in [0.717, 1.165) is 11.3 Å². The average molecular weight is 374 g/mol. The number of nitrogens with zero attached hydrogens (tertiary/aromatic N) is 1. The summed E-state index contributed by atoms with van der Waals surface area (Å²) in [6, 6.07) is 4.62. The third-order valence-corrected chi connectivity index (χ3v) is 5.37. The molecule has 0 saturated heterocycles. The van der Waals surface area contributed by atoms with E-state index in [-0.39, 0.29) is 16.7 Å². The van der Waals surface area contributed by atoms with E-state index in [9.17, 15) is 13.2 Å². The van der Waals surface area contributed by atoms with Crippen LogP contribution in [-0.4, -0.2) is 45.3 Å². The van der Waals surface area contributed by atoms with Crippen molar-refractivity contribution < 1.29 is 27.4 Å². The molecule has 0 atom stereocenters. The first-order valence-electron chi connectivity index (χ1n) is 6.92. The summed E-state index contributed by atoms with van der Waals surface area (Å²) in [5.41, 5.74) is -0.688. The van der Waals surface area contributed by atoms with E-state index in [1.807, 2.05) is 0 Å². The van der Waals surface area contributed by atoms with Gasteiger partial charge in [-0.2, -0.15) is 0 Å². The quantitative estimate of drug-likeness (QED) is 0.441. The molecule has 0 bridgehead atoms. The van der Waals surface area contributed by atoms with Gasteiger partial charge in [0.2, 0.25) is 4.34 Å². The Hall–Kier alpha value is -1.59. The Morgan fingerprint density at radius 1 is 1.33 bits per heavy atom. The minimum atomic E-state index is -3.87. The van der Waals surface area contributed by atoms with Crippen LogP contribution < -0.4 is 9.88 Å². The highest BCUT2D eigenvalue weighted by atomic mass is 32.2. The third kappa shape index (κ3) is 4.48. The lowest BCUT2D eigenvalue weighted by Gasteiger charge is -2.22. The summed E-state index contributed by atoms with van der Waals surface area (Å²) in [5.74, 6) is -0.310. The number of fused-ring (bicyclic) bond motifs is 1. The number of thiazole rings is 1. The van der Waals surface area contributed by atoms with E-state index in [0.29, 0.717) is 16.8 Å². The highest BCUT2D eigenvalue weighted by Crippen LogP contribution is 2.29. The van der Waals surface area contributed by atoms with Crippen LogP contribution in [0.1, 0.15) is 13.8 Å². The fourth-order valence-corrected chi connectivity index (χ4v) is 3.42. The Kier molecular flexibility index (Phi) is 5.56. The van der Waals surface area contributed by atoms with Gasteiger partial charge in [-0.25, -0.2) is 23.3 Å². The lowest BCUT2D eigenvalue weighted by molar-refractivity contribution is -0.159. The number of ether oxygens (including phenoxy) is 3. The molecule has 8 nitrogen and oxygen atoms in total. The number of aromatic nitrogens is 1. The van der Waals surface area contributed by atoms with Crippen LogP contribution in [0.25, 0.3) is 10.2 Å². The molecular formula is C14H18N2O6S2. The Bertz CT molecular complexity index is 844. The molecule has 0 radical (unpaired) electrons. The number of sulfonamides is 1. The van der Waals surface area contributed by atoms with Crippen LogP contribution in [0.2, 0.25) is 0 Å². The van der Waals surface area contributed by atoms with E-state index in [4.69, 9.17) is 19.3 Å². The molecule has 2 rings (SSSR count). The number of primary sulfonamides is 1. The van der Waals surface area contributed by atoms with Gasteiger partial charge < -0.3 is 14.2 Å². The molecule has 0 aliphatic carbocycles. The second kappa shape index (κ2) is 7.11. The highest BCUT2D eigenvalue weighted by molar-refractivity contribution is 7.91. The molecule has 10 heteroatoms. The maximum Gasteiger partial charge on any atom is 0.343 e. The number of esters is 1. The van der Waals surface area contributed by atoms with E-state index in [1.54, 1.807) is 19.9 Å². The summed E-state index contributed by atoms with van der Waals surface area (Å²) in [7, 11) is -2.33. The second-order valence-corrected chi connectivity index (χ2v) is 8.16. The van der Waals surface area contributed by atoms with E-state index in [1.165, 1.54) is 19.2 Å². The molecule has 0 amide bonds. The molecule has 1 heterocycles. The summed E-state index contributed by atoms with van der Waals surface area (Å²) in [6.45, 7) is 3.80. The fourth-order valence-electron chi connectivity index (χ4n) is 1.74. The van der Waals surface area contributed by atoms with E-state index >= 15 is 0 Å². The first kappa shape index (κ1) is 18.7. The first-order valence-corrected chi connectivity index (χ1v) is 9.28. The van der Waals surface area contributed by atoms with Crippen LogP contribution in [-0.2, 0) is 24.3 Å². The van der Waals surface area contributed by atoms with Crippen molar-refractivity contribution in [3.05, 3.63) is 18.2 Å². The molecule has 1 aromatic carbocycles. The van der Waals surface area contributed by atoms with Crippen molar-refractivity contribution in [1.82, 2.24) is 4.98 Å². The first-order chi connectivity index (χ1) is 11.1. The normalized spacial score (nSPS) is 12.5. The monoisotopic (exact) mass is 374 g/mol. The Balaban J connectivity index is 2.16. The smallest absolute Gasteiger partial charge is 0.343 e. The predicted molar refractivity (Wildman–Crippen MR) is 88.5 cm³/mol. The maximum atomic E-state index is 12.2. The summed E-state index contributed by atoms with van der Waals surface area (Å²) in [5, 5.41) is 5.06. The van der Waals surface area contributed by atoms with Crippen LogP contribution in [0.4, 0.5) is 0 Å². The Morgan fingerprint density at radius 2 is 2.04 bits per heavy atom. The standard InChI is InChI=1S/C14H18N2O6S2/c1-14(2,21-7-6-20-3)12(17)22-9-4-5-10-11(8-9)23-13(16-10)24(15,18)19/h4-5,8H,6-7H2,1-3H3,(H2,15,18,19). The Labute approximate surface area is 143 Å². The van der Waals surface area contributed by atoms with Gasteiger partial charge in [-0.1, -0.05) is 0 Å². The van der Waals surface area contributed by atoms with Crippen LogP contribution in [0.3, 0.4) is 0 Å². The summed E-state index contributed by atoms with van der Waals surface area (Å²) >= 11 is 0.907. The van der Waals surface area contributed by atoms with E-state index < -0.39 is 21.6 Å². The van der Waals surface area contributed by atoms with Crippen LogP contribution in [0.15, 0.2) is 22.5 Å². The van der Waals surface area contributed by atoms with Crippen molar-refractivity contribution in [2.24, 2.45) is 5.14 Å². The molecular weight excluding hydrogens is 356 g/mol. The molecule has 132 valence electrons. The topological polar surface area (TPSA) is 118 Å². The zero-order valence-electron chi connectivity index (χ0n) is 13.4. The van der Waals surface area contributed by atoms with Gasteiger partial charge in [-0.05, 0) is 26.0 Å². The molecule has 0 spiro atoms. The minimum Gasteiger partial charge on any atom is -0.424 e. The number of nitrogens with two attached hydrogens (primary N) is 1. The van der Waals surface area contributed by atoms with Crippen molar-refractivity contribution >= 4 is 37.5 Å². The number of methoxy groups -OCH3 is 1. The van der Waals surface area contributed by atoms with Gasteiger partial charge in [0.25, 0.3) is 10.0 Å². The number of benzene rings is 1. The SMILES string of the molecule is COCCOC(C)(C)C(=O)Oc1ccc2nc(S(N)(=O)=O)sc2c1. The molecule has 0 fully saturated rings. The second-order valence-electron chi connectivity index (χ2n) is 5.40. The minimum absolute atomic E-state index is 0.191. The van der Waals surface area contributed by atoms with Crippen molar-refractivity contribution in [2.45, 2.75) is 23.8 Å².